The van der Waals surface area contributed by atoms with Crippen LogP contribution in [0.1, 0.15) is 25.8 Å². The Labute approximate surface area is 116 Å². The second-order valence-corrected chi connectivity index (χ2v) is 5.90. The molecule has 0 saturated carbocycles. The van der Waals surface area contributed by atoms with Gasteiger partial charge in [-0.05, 0) is 23.8 Å². The van der Waals surface area contributed by atoms with Crippen LogP contribution in [-0.2, 0) is 11.3 Å². The van der Waals surface area contributed by atoms with E-state index in [0.717, 1.165) is 18.7 Å². The zero-order valence-corrected chi connectivity index (χ0v) is 11.9. The van der Waals surface area contributed by atoms with Gasteiger partial charge in [0.1, 0.15) is 0 Å². The Morgan fingerprint density at radius 1 is 1.21 bits per heavy atom. The first kappa shape index (κ1) is 14.1. The van der Waals surface area contributed by atoms with Crippen molar-refractivity contribution in [2.45, 2.75) is 26.8 Å². The van der Waals surface area contributed by atoms with Crippen molar-refractivity contribution in [1.82, 2.24) is 10.2 Å². The van der Waals surface area contributed by atoms with E-state index in [1.165, 1.54) is 6.42 Å². The van der Waals surface area contributed by atoms with Gasteiger partial charge in [-0.3, -0.25) is 9.69 Å². The first-order valence-electron chi connectivity index (χ1n) is 7.16. The fourth-order valence-corrected chi connectivity index (χ4v) is 2.98. The number of benzene rings is 1. The third-order valence-electron chi connectivity index (χ3n) is 3.64. The Morgan fingerprint density at radius 2 is 1.84 bits per heavy atom. The Bertz CT molecular complexity index is 394. The van der Waals surface area contributed by atoms with Crippen molar-refractivity contribution in [1.29, 1.82) is 0 Å². The van der Waals surface area contributed by atoms with Gasteiger partial charge in [-0.15, -0.1) is 0 Å². The van der Waals surface area contributed by atoms with Crippen LogP contribution in [0.4, 0.5) is 0 Å². The van der Waals surface area contributed by atoms with E-state index in [9.17, 15) is 4.79 Å². The second-order valence-electron chi connectivity index (χ2n) is 5.90. The monoisotopic (exact) mass is 260 g/mol. The number of piperidine rings is 1. The fraction of sp³-hybridized carbons (Fsp3) is 0.562. The van der Waals surface area contributed by atoms with Gasteiger partial charge in [0.25, 0.3) is 0 Å². The maximum absolute atomic E-state index is 11.9. The predicted octanol–water partition coefficient (Wildman–Crippen LogP) is 2.28. The molecular formula is C16H24N2O. The minimum atomic E-state index is 0.130. The van der Waals surface area contributed by atoms with Crippen molar-refractivity contribution in [3.05, 3.63) is 35.9 Å². The molecule has 1 aromatic rings. The van der Waals surface area contributed by atoms with Gasteiger partial charge in [0.2, 0.25) is 5.91 Å². The van der Waals surface area contributed by atoms with Gasteiger partial charge in [0, 0.05) is 19.6 Å². The molecule has 0 radical (unpaired) electrons. The highest BCUT2D eigenvalue weighted by Gasteiger charge is 2.22. The second kappa shape index (κ2) is 6.71. The summed E-state index contributed by atoms with van der Waals surface area (Å²) < 4.78 is 0. The van der Waals surface area contributed by atoms with E-state index in [-0.39, 0.29) is 5.91 Å². The predicted molar refractivity (Wildman–Crippen MR) is 77.7 cm³/mol. The normalized spacial score (nSPS) is 24.1. The third-order valence-corrected chi connectivity index (χ3v) is 3.64. The molecule has 1 aliphatic heterocycles. The number of rotatable bonds is 4. The zero-order valence-electron chi connectivity index (χ0n) is 11.9. The van der Waals surface area contributed by atoms with E-state index >= 15 is 0 Å². The summed E-state index contributed by atoms with van der Waals surface area (Å²) in [6, 6.07) is 10.0. The average Bonchev–Trinajstić information content (AvgIpc) is 2.36. The number of carbonyl (C=O) groups excluding carboxylic acids is 1. The van der Waals surface area contributed by atoms with E-state index in [1.54, 1.807) is 0 Å². The molecule has 0 spiro atoms. The van der Waals surface area contributed by atoms with E-state index in [4.69, 9.17) is 0 Å². The lowest BCUT2D eigenvalue weighted by atomic mass is 9.92. The molecule has 3 nitrogen and oxygen atoms in total. The zero-order chi connectivity index (χ0) is 13.7. The highest BCUT2D eigenvalue weighted by molar-refractivity contribution is 5.78. The highest BCUT2D eigenvalue weighted by Crippen LogP contribution is 2.20. The van der Waals surface area contributed by atoms with Crippen LogP contribution in [0, 0.1) is 11.8 Å². The molecule has 19 heavy (non-hydrogen) atoms. The molecule has 2 atom stereocenters. The maximum Gasteiger partial charge on any atom is 0.234 e. The number of nitrogens with one attached hydrogen (secondary N) is 1. The minimum absolute atomic E-state index is 0.130. The summed E-state index contributed by atoms with van der Waals surface area (Å²) in [5.41, 5.74) is 1.15. The fourth-order valence-electron chi connectivity index (χ4n) is 2.98. The highest BCUT2D eigenvalue weighted by atomic mass is 16.2. The molecule has 1 fully saturated rings. The smallest absolute Gasteiger partial charge is 0.234 e. The molecule has 1 amide bonds. The van der Waals surface area contributed by atoms with E-state index in [2.05, 4.69) is 24.1 Å². The summed E-state index contributed by atoms with van der Waals surface area (Å²) in [5.74, 6) is 1.53. The van der Waals surface area contributed by atoms with Crippen molar-refractivity contribution in [3.63, 3.8) is 0 Å². The number of likely N-dealkylation sites (tertiary alicyclic amines) is 1. The number of hydrogen-bond acceptors (Lipinski definition) is 2. The van der Waals surface area contributed by atoms with Crippen molar-refractivity contribution in [2.75, 3.05) is 19.6 Å². The molecule has 2 rings (SSSR count). The van der Waals surface area contributed by atoms with Crippen molar-refractivity contribution in [2.24, 2.45) is 11.8 Å². The Hall–Kier alpha value is -1.35. The maximum atomic E-state index is 11.9. The molecule has 1 aliphatic rings. The lowest BCUT2D eigenvalue weighted by Crippen LogP contribution is -2.44. The largest absolute Gasteiger partial charge is 0.351 e. The van der Waals surface area contributed by atoms with Crippen LogP contribution in [0.3, 0.4) is 0 Å². The summed E-state index contributed by atoms with van der Waals surface area (Å²) in [6.07, 6.45) is 1.28. The minimum Gasteiger partial charge on any atom is -0.351 e. The lowest BCUT2D eigenvalue weighted by Gasteiger charge is -2.34. The molecule has 2 unspecified atom stereocenters. The first-order valence-corrected chi connectivity index (χ1v) is 7.16. The van der Waals surface area contributed by atoms with Crippen molar-refractivity contribution in [3.8, 4) is 0 Å². The SMILES string of the molecule is CC1CC(C)CN(CC(=O)NCc2ccccc2)C1. The topological polar surface area (TPSA) is 32.3 Å². The van der Waals surface area contributed by atoms with Gasteiger partial charge >= 0.3 is 0 Å². The number of hydrogen-bond donors (Lipinski definition) is 1. The van der Waals surface area contributed by atoms with Gasteiger partial charge in [-0.1, -0.05) is 44.2 Å². The van der Waals surface area contributed by atoms with E-state index in [1.807, 2.05) is 30.3 Å². The molecule has 3 heteroatoms. The standard InChI is InChI=1S/C16H24N2O/c1-13-8-14(2)11-18(10-13)12-16(19)17-9-15-6-4-3-5-7-15/h3-7,13-14H,8-12H2,1-2H3,(H,17,19). The van der Waals surface area contributed by atoms with Crippen molar-refractivity contribution >= 4 is 5.91 Å². The first-order chi connectivity index (χ1) is 9.13. The van der Waals surface area contributed by atoms with Gasteiger partial charge in [-0.25, -0.2) is 0 Å². The summed E-state index contributed by atoms with van der Waals surface area (Å²) in [4.78, 5) is 14.2. The van der Waals surface area contributed by atoms with Gasteiger partial charge < -0.3 is 5.32 Å². The summed E-state index contributed by atoms with van der Waals surface area (Å²) in [6.45, 7) is 7.78. The van der Waals surface area contributed by atoms with Gasteiger partial charge in [0.15, 0.2) is 0 Å². The van der Waals surface area contributed by atoms with E-state index in [0.29, 0.717) is 24.9 Å². The number of amides is 1. The van der Waals surface area contributed by atoms with Crippen molar-refractivity contribution < 1.29 is 4.79 Å². The molecular weight excluding hydrogens is 236 g/mol. The van der Waals surface area contributed by atoms with Crippen LogP contribution in [0.15, 0.2) is 30.3 Å². The number of nitrogens with zero attached hydrogens (tertiary/aromatic N) is 1. The van der Waals surface area contributed by atoms with Crippen LogP contribution in [0.2, 0.25) is 0 Å². The molecule has 0 bridgehead atoms. The van der Waals surface area contributed by atoms with Gasteiger partial charge in [-0.2, -0.15) is 0 Å². The summed E-state index contributed by atoms with van der Waals surface area (Å²) in [7, 11) is 0. The van der Waals surface area contributed by atoms with E-state index < -0.39 is 0 Å². The summed E-state index contributed by atoms with van der Waals surface area (Å²) in [5, 5.41) is 3.00. The summed E-state index contributed by atoms with van der Waals surface area (Å²) >= 11 is 0. The average molecular weight is 260 g/mol. The Morgan fingerprint density at radius 3 is 2.47 bits per heavy atom. The Balaban J connectivity index is 1.75. The van der Waals surface area contributed by atoms with Crippen LogP contribution in [-0.4, -0.2) is 30.4 Å². The third kappa shape index (κ3) is 4.67. The van der Waals surface area contributed by atoms with Crippen LogP contribution < -0.4 is 5.32 Å². The number of carbonyl (C=O) groups is 1. The quantitative estimate of drug-likeness (QED) is 0.901. The molecule has 0 aliphatic carbocycles. The molecule has 1 aromatic carbocycles. The van der Waals surface area contributed by atoms with Crippen LogP contribution in [0.5, 0.6) is 0 Å². The molecule has 1 N–H and O–H groups in total. The molecule has 104 valence electrons. The lowest BCUT2D eigenvalue weighted by molar-refractivity contribution is -0.123. The molecule has 0 aromatic heterocycles. The van der Waals surface area contributed by atoms with Crippen LogP contribution in [0.25, 0.3) is 0 Å². The van der Waals surface area contributed by atoms with Crippen LogP contribution >= 0.6 is 0 Å². The van der Waals surface area contributed by atoms with Gasteiger partial charge in [0.05, 0.1) is 6.54 Å². The molecule has 1 saturated heterocycles. The Kier molecular flexibility index (Phi) is 4.97. The molecule has 1 heterocycles.